The Morgan fingerprint density at radius 2 is 1.78 bits per heavy atom. The quantitative estimate of drug-likeness (QED) is 0.280. The first kappa shape index (κ1) is 25.5. The Hall–Kier alpha value is -3.61. The van der Waals surface area contributed by atoms with Crippen LogP contribution in [0.15, 0.2) is 51.7 Å². The van der Waals surface area contributed by atoms with E-state index in [4.69, 9.17) is 13.9 Å². The first-order valence-corrected chi connectivity index (χ1v) is 12.4. The molecule has 0 unspecified atom stereocenters. The molecular weight excluding hydrogens is 458 g/mol. The SMILES string of the molecule is Cc1ccc(OCC(=O)Oc2ccc3cc(C(=O)NC4CCCCC4)c(=O)oc3c2)c(C(C)(C)C)c1. The van der Waals surface area contributed by atoms with Crippen molar-refractivity contribution in [2.24, 2.45) is 0 Å². The van der Waals surface area contributed by atoms with Gasteiger partial charge < -0.3 is 19.2 Å². The number of aryl methyl sites for hydroxylation is 1. The van der Waals surface area contributed by atoms with E-state index in [9.17, 15) is 14.4 Å². The van der Waals surface area contributed by atoms with Crippen LogP contribution in [-0.2, 0) is 10.2 Å². The highest BCUT2D eigenvalue weighted by Gasteiger charge is 2.21. The minimum atomic E-state index is -0.725. The number of benzene rings is 2. The Bertz CT molecular complexity index is 1330. The molecule has 36 heavy (non-hydrogen) atoms. The van der Waals surface area contributed by atoms with Crippen LogP contribution in [0.5, 0.6) is 11.5 Å². The van der Waals surface area contributed by atoms with Crippen molar-refractivity contribution in [2.75, 3.05) is 6.61 Å². The minimum absolute atomic E-state index is 0.0287. The predicted molar refractivity (Wildman–Crippen MR) is 138 cm³/mol. The van der Waals surface area contributed by atoms with Crippen molar-refractivity contribution in [1.29, 1.82) is 0 Å². The number of carbonyl (C=O) groups is 2. The second kappa shape index (κ2) is 10.6. The monoisotopic (exact) mass is 491 g/mol. The van der Waals surface area contributed by atoms with Gasteiger partial charge in [-0.3, -0.25) is 4.79 Å². The Morgan fingerprint density at radius 3 is 2.50 bits per heavy atom. The summed E-state index contributed by atoms with van der Waals surface area (Å²) in [5, 5.41) is 3.50. The number of fused-ring (bicyclic) bond motifs is 1. The molecule has 7 heteroatoms. The minimum Gasteiger partial charge on any atom is -0.482 e. The molecule has 1 saturated carbocycles. The summed E-state index contributed by atoms with van der Waals surface area (Å²) in [7, 11) is 0. The molecule has 0 radical (unpaired) electrons. The molecule has 1 heterocycles. The van der Waals surface area contributed by atoms with Gasteiger partial charge in [0.05, 0.1) is 0 Å². The highest BCUT2D eigenvalue weighted by Crippen LogP contribution is 2.32. The van der Waals surface area contributed by atoms with Crippen LogP contribution in [0.3, 0.4) is 0 Å². The van der Waals surface area contributed by atoms with Crippen molar-refractivity contribution in [3.63, 3.8) is 0 Å². The van der Waals surface area contributed by atoms with E-state index in [1.54, 1.807) is 12.1 Å². The Kier molecular flexibility index (Phi) is 7.48. The molecule has 1 amide bonds. The maximum atomic E-state index is 12.6. The standard InChI is InChI=1S/C29H33NO6/c1-18-10-13-24(23(14-18)29(2,3)4)34-17-26(31)35-21-12-11-19-15-22(28(33)36-25(19)16-21)27(32)30-20-8-6-5-7-9-20/h10-16,20H,5-9,17H2,1-4H3,(H,30,32). The lowest BCUT2D eigenvalue weighted by atomic mass is 9.85. The van der Waals surface area contributed by atoms with E-state index >= 15 is 0 Å². The Balaban J connectivity index is 1.43. The molecule has 3 aromatic rings. The molecule has 0 aliphatic heterocycles. The molecule has 7 nitrogen and oxygen atoms in total. The molecule has 1 aliphatic rings. The number of carbonyl (C=O) groups excluding carboxylic acids is 2. The van der Waals surface area contributed by atoms with Crippen molar-refractivity contribution in [2.45, 2.75) is 71.3 Å². The molecule has 2 aromatic carbocycles. The van der Waals surface area contributed by atoms with E-state index in [2.05, 4.69) is 32.2 Å². The van der Waals surface area contributed by atoms with Crippen molar-refractivity contribution in [1.82, 2.24) is 5.32 Å². The number of amides is 1. The second-order valence-electron chi connectivity index (χ2n) is 10.5. The number of ether oxygens (including phenoxy) is 2. The van der Waals surface area contributed by atoms with Gasteiger partial charge in [-0.25, -0.2) is 9.59 Å². The van der Waals surface area contributed by atoms with Gasteiger partial charge in [0.2, 0.25) is 0 Å². The summed E-state index contributed by atoms with van der Waals surface area (Å²) in [4.78, 5) is 37.6. The van der Waals surface area contributed by atoms with E-state index in [1.165, 1.54) is 18.6 Å². The van der Waals surface area contributed by atoms with Gasteiger partial charge in [0, 0.05) is 17.5 Å². The summed E-state index contributed by atoms with van der Waals surface area (Å²) >= 11 is 0. The number of hydrogen-bond acceptors (Lipinski definition) is 6. The summed E-state index contributed by atoms with van der Waals surface area (Å²) in [6.07, 6.45) is 5.17. The predicted octanol–water partition coefficient (Wildman–Crippen LogP) is 5.45. The first-order valence-electron chi connectivity index (χ1n) is 12.4. The van der Waals surface area contributed by atoms with Crippen LogP contribution in [0.2, 0.25) is 0 Å². The molecule has 1 fully saturated rings. The van der Waals surface area contributed by atoms with Gasteiger partial charge in [0.1, 0.15) is 22.6 Å². The average Bonchev–Trinajstić information content (AvgIpc) is 2.82. The van der Waals surface area contributed by atoms with Crippen molar-refractivity contribution >= 4 is 22.8 Å². The van der Waals surface area contributed by atoms with E-state index in [0.717, 1.165) is 36.8 Å². The molecule has 4 rings (SSSR count). The number of rotatable bonds is 6. The van der Waals surface area contributed by atoms with Crippen LogP contribution in [0.4, 0.5) is 0 Å². The second-order valence-corrected chi connectivity index (χ2v) is 10.5. The number of esters is 1. The summed E-state index contributed by atoms with van der Waals surface area (Å²) in [5.41, 5.74) is 1.45. The van der Waals surface area contributed by atoms with Crippen LogP contribution >= 0.6 is 0 Å². The normalized spacial score (nSPS) is 14.4. The van der Waals surface area contributed by atoms with Crippen LogP contribution in [0.1, 0.15) is 74.4 Å². The Morgan fingerprint density at radius 1 is 1.03 bits per heavy atom. The molecular formula is C29H33NO6. The summed E-state index contributed by atoms with van der Waals surface area (Å²) in [5.74, 6) is -0.149. The maximum Gasteiger partial charge on any atom is 0.349 e. The molecule has 190 valence electrons. The topological polar surface area (TPSA) is 94.8 Å². The molecule has 0 atom stereocenters. The van der Waals surface area contributed by atoms with Crippen LogP contribution in [-0.4, -0.2) is 24.5 Å². The molecule has 0 bridgehead atoms. The third kappa shape index (κ3) is 6.14. The Labute approximate surface area is 210 Å². The van der Waals surface area contributed by atoms with Gasteiger partial charge in [0.15, 0.2) is 6.61 Å². The van der Waals surface area contributed by atoms with Crippen LogP contribution in [0, 0.1) is 6.92 Å². The zero-order chi connectivity index (χ0) is 25.9. The summed E-state index contributed by atoms with van der Waals surface area (Å²) in [6, 6.07) is 12.1. The fraction of sp³-hybridized carbons (Fsp3) is 0.414. The molecule has 1 aromatic heterocycles. The zero-order valence-electron chi connectivity index (χ0n) is 21.3. The highest BCUT2D eigenvalue weighted by molar-refractivity contribution is 5.97. The zero-order valence-corrected chi connectivity index (χ0v) is 21.3. The van der Waals surface area contributed by atoms with Crippen LogP contribution < -0.4 is 20.4 Å². The van der Waals surface area contributed by atoms with Gasteiger partial charge >= 0.3 is 11.6 Å². The van der Waals surface area contributed by atoms with Gasteiger partial charge in [-0.2, -0.15) is 0 Å². The lowest BCUT2D eigenvalue weighted by molar-refractivity contribution is -0.136. The van der Waals surface area contributed by atoms with Gasteiger partial charge in [-0.05, 0) is 55.0 Å². The molecule has 1 N–H and O–H groups in total. The maximum absolute atomic E-state index is 12.6. The van der Waals surface area contributed by atoms with Crippen molar-refractivity contribution in [3.05, 3.63) is 69.6 Å². The smallest absolute Gasteiger partial charge is 0.349 e. The van der Waals surface area contributed by atoms with Gasteiger partial charge in [-0.1, -0.05) is 57.7 Å². The summed E-state index contributed by atoms with van der Waals surface area (Å²) < 4.78 is 16.6. The van der Waals surface area contributed by atoms with E-state index in [0.29, 0.717) is 11.1 Å². The fourth-order valence-corrected chi connectivity index (χ4v) is 4.48. The third-order valence-corrected chi connectivity index (χ3v) is 6.41. The number of nitrogens with one attached hydrogen (secondary N) is 1. The van der Waals surface area contributed by atoms with E-state index < -0.39 is 17.5 Å². The number of hydrogen-bond donors (Lipinski definition) is 1. The first-order chi connectivity index (χ1) is 17.1. The van der Waals surface area contributed by atoms with Gasteiger partial charge in [-0.15, -0.1) is 0 Å². The van der Waals surface area contributed by atoms with Gasteiger partial charge in [0.25, 0.3) is 5.91 Å². The fourth-order valence-electron chi connectivity index (χ4n) is 4.48. The van der Waals surface area contributed by atoms with E-state index in [1.807, 2.05) is 19.1 Å². The van der Waals surface area contributed by atoms with Crippen molar-refractivity contribution in [3.8, 4) is 11.5 Å². The van der Waals surface area contributed by atoms with Crippen LogP contribution in [0.25, 0.3) is 11.0 Å². The third-order valence-electron chi connectivity index (χ3n) is 6.41. The highest BCUT2D eigenvalue weighted by atomic mass is 16.6. The van der Waals surface area contributed by atoms with Crippen molar-refractivity contribution < 1.29 is 23.5 Å². The molecule has 1 aliphatic carbocycles. The molecule has 0 saturated heterocycles. The largest absolute Gasteiger partial charge is 0.482 e. The summed E-state index contributed by atoms with van der Waals surface area (Å²) in [6.45, 7) is 7.99. The van der Waals surface area contributed by atoms with E-state index in [-0.39, 0.29) is 35.0 Å². The molecule has 0 spiro atoms. The lowest BCUT2D eigenvalue weighted by Gasteiger charge is -2.23. The average molecular weight is 492 g/mol. The lowest BCUT2D eigenvalue weighted by Crippen LogP contribution is -2.38.